The molecule has 2 atom stereocenters. The van der Waals surface area contributed by atoms with Crippen LogP contribution in [0.1, 0.15) is 52.9 Å². The molecule has 1 aliphatic heterocycles. The molecule has 5 aromatic rings. The summed E-state index contributed by atoms with van der Waals surface area (Å²) in [6, 6.07) is 8.45. The molecule has 49 heavy (non-hydrogen) atoms. The molecule has 15 nitrogen and oxygen atoms in total. The summed E-state index contributed by atoms with van der Waals surface area (Å²) in [5.41, 5.74) is 5.00. The Labute approximate surface area is 286 Å². The standard InChI is InChI=1S/C30H30FN8O7PS2/c1-3-45-47(43,46-4-2)15-44-22-10-21(26(40)35-13-17-9-16-12-33-24(32)11-23(16)48-17)39-25(22)34-14-20(30(39)42)36-27(41)29-38-37-28(49-29)18-7-5-6-8-19(18)31/h5-9,11-12,14,21-22H,3-4,10,13,15H2,1-2H3,(H2,32,33)(H,35,40)(H,36,41)/t21-,22+/m0/s1. The summed E-state index contributed by atoms with van der Waals surface area (Å²) in [7, 11) is -3.64. The number of carbonyl (C=O) groups excluding carboxylic acids is 2. The van der Waals surface area contributed by atoms with Crippen molar-refractivity contribution in [1.29, 1.82) is 0 Å². The van der Waals surface area contributed by atoms with E-state index in [4.69, 9.17) is 19.5 Å². The first-order valence-electron chi connectivity index (χ1n) is 15.0. The summed E-state index contributed by atoms with van der Waals surface area (Å²) in [6.07, 6.45) is 1.38. The normalized spacial score (nSPS) is 15.7. The van der Waals surface area contributed by atoms with Gasteiger partial charge in [-0.3, -0.25) is 23.5 Å². The number of ether oxygens (including phenoxy) is 1. The van der Waals surface area contributed by atoms with Crippen LogP contribution in [-0.4, -0.2) is 56.1 Å². The Morgan fingerprint density at radius 3 is 2.63 bits per heavy atom. The zero-order valence-corrected chi connectivity index (χ0v) is 28.6. The highest BCUT2D eigenvalue weighted by atomic mass is 32.1. The molecule has 0 radical (unpaired) electrons. The highest BCUT2D eigenvalue weighted by molar-refractivity contribution is 7.53. The van der Waals surface area contributed by atoms with Crippen LogP contribution in [0.15, 0.2) is 53.6 Å². The number of hydrogen-bond acceptors (Lipinski definition) is 14. The monoisotopic (exact) mass is 728 g/mol. The summed E-state index contributed by atoms with van der Waals surface area (Å²) < 4.78 is 46.0. The number of nitrogens with one attached hydrogen (secondary N) is 2. The second kappa shape index (κ2) is 14.6. The molecule has 4 aromatic heterocycles. The average Bonchev–Trinajstić information content (AvgIpc) is 3.82. The highest BCUT2D eigenvalue weighted by Gasteiger charge is 2.40. The predicted octanol–water partition coefficient (Wildman–Crippen LogP) is 4.89. The van der Waals surface area contributed by atoms with E-state index in [0.29, 0.717) is 5.82 Å². The van der Waals surface area contributed by atoms with E-state index >= 15 is 0 Å². The van der Waals surface area contributed by atoms with Crippen LogP contribution in [0.4, 0.5) is 15.9 Å². The second-order valence-electron chi connectivity index (χ2n) is 10.6. The summed E-state index contributed by atoms with van der Waals surface area (Å²) in [5, 5.41) is 14.0. The number of benzene rings is 1. The molecule has 0 fully saturated rings. The van der Waals surface area contributed by atoms with E-state index < -0.39 is 49.3 Å². The average molecular weight is 729 g/mol. The fourth-order valence-corrected chi connectivity index (χ4v) is 8.35. The molecule has 256 valence electrons. The number of halogens is 1. The maximum atomic E-state index is 14.3. The number of amides is 2. The molecule has 1 aromatic carbocycles. The molecule has 5 heterocycles. The van der Waals surface area contributed by atoms with E-state index in [1.54, 1.807) is 32.2 Å². The molecule has 0 unspecified atom stereocenters. The van der Waals surface area contributed by atoms with E-state index in [2.05, 4.69) is 30.8 Å². The number of pyridine rings is 1. The number of rotatable bonds is 13. The fraction of sp³-hybridized carbons (Fsp3) is 0.300. The van der Waals surface area contributed by atoms with Gasteiger partial charge in [0, 0.05) is 33.1 Å². The minimum absolute atomic E-state index is 0.0288. The van der Waals surface area contributed by atoms with Crippen LogP contribution < -0.4 is 21.9 Å². The summed E-state index contributed by atoms with van der Waals surface area (Å²) >= 11 is 2.28. The van der Waals surface area contributed by atoms with E-state index in [1.165, 1.54) is 29.5 Å². The quantitative estimate of drug-likeness (QED) is 0.139. The number of nitrogen functional groups attached to an aromatic ring is 1. The van der Waals surface area contributed by atoms with Crippen LogP contribution >= 0.6 is 30.3 Å². The first kappa shape index (κ1) is 34.4. The van der Waals surface area contributed by atoms with Gasteiger partial charge in [-0.25, -0.2) is 14.4 Å². The van der Waals surface area contributed by atoms with Crippen LogP contribution in [0.25, 0.3) is 20.7 Å². The fourth-order valence-electron chi connectivity index (χ4n) is 5.19. The largest absolute Gasteiger partial charge is 0.384 e. The van der Waals surface area contributed by atoms with Gasteiger partial charge < -0.3 is 30.2 Å². The van der Waals surface area contributed by atoms with Crippen molar-refractivity contribution < 1.29 is 32.3 Å². The van der Waals surface area contributed by atoms with Gasteiger partial charge in [0.05, 0.1) is 26.0 Å². The summed E-state index contributed by atoms with van der Waals surface area (Å²) in [6.45, 7) is 3.71. The minimum atomic E-state index is -3.64. The summed E-state index contributed by atoms with van der Waals surface area (Å²) in [5.74, 6) is -1.35. The Balaban J connectivity index is 1.25. The molecule has 2 amide bonds. The third kappa shape index (κ3) is 7.44. The van der Waals surface area contributed by atoms with Gasteiger partial charge in [0.15, 0.2) is 5.01 Å². The molecule has 0 saturated heterocycles. The lowest BCUT2D eigenvalue weighted by Crippen LogP contribution is -2.36. The number of anilines is 2. The predicted molar refractivity (Wildman–Crippen MR) is 181 cm³/mol. The molecule has 19 heteroatoms. The Bertz CT molecular complexity index is 2130. The number of hydrogen-bond donors (Lipinski definition) is 3. The molecule has 0 aliphatic carbocycles. The van der Waals surface area contributed by atoms with Gasteiger partial charge in [0.2, 0.25) is 10.9 Å². The van der Waals surface area contributed by atoms with Crippen molar-refractivity contribution in [2.24, 2.45) is 0 Å². The molecular formula is C30H30FN8O7PS2. The third-order valence-corrected chi connectivity index (χ3v) is 11.2. The Hall–Kier alpha value is -4.45. The van der Waals surface area contributed by atoms with Gasteiger partial charge in [-0.1, -0.05) is 23.5 Å². The van der Waals surface area contributed by atoms with Crippen LogP contribution in [0.2, 0.25) is 0 Å². The highest BCUT2D eigenvalue weighted by Crippen LogP contribution is 2.50. The molecule has 4 N–H and O–H groups in total. The SMILES string of the molecule is CCOP(=O)(CO[C@@H]1C[C@@H](C(=O)NCc2cc3cnc(N)cc3s2)n2c1ncc(NC(=O)c1nnc(-c3ccccc3F)s1)c2=O)OCC. The second-order valence-corrected chi connectivity index (χ2v) is 14.8. The first-order chi connectivity index (χ1) is 23.6. The van der Waals surface area contributed by atoms with Crippen molar-refractivity contribution in [1.82, 2.24) is 30.0 Å². The van der Waals surface area contributed by atoms with E-state index in [-0.39, 0.29) is 53.3 Å². The lowest BCUT2D eigenvalue weighted by Gasteiger charge is -2.19. The number of aromatic nitrogens is 5. The van der Waals surface area contributed by atoms with Crippen molar-refractivity contribution in [3.05, 3.63) is 80.7 Å². The number of nitrogens with zero attached hydrogens (tertiary/aromatic N) is 5. The number of carbonyl (C=O) groups is 2. The van der Waals surface area contributed by atoms with Crippen molar-refractivity contribution in [3.63, 3.8) is 0 Å². The minimum Gasteiger partial charge on any atom is -0.384 e. The van der Waals surface area contributed by atoms with Crippen LogP contribution in [-0.2, 0) is 29.7 Å². The Morgan fingerprint density at radius 2 is 1.88 bits per heavy atom. The third-order valence-electron chi connectivity index (χ3n) is 7.33. The van der Waals surface area contributed by atoms with Crippen LogP contribution in [0.3, 0.4) is 0 Å². The van der Waals surface area contributed by atoms with Gasteiger partial charge in [-0.05, 0) is 38.1 Å². The molecular weight excluding hydrogens is 698 g/mol. The van der Waals surface area contributed by atoms with Crippen LogP contribution in [0, 0.1) is 5.82 Å². The molecule has 0 bridgehead atoms. The van der Waals surface area contributed by atoms with Gasteiger partial charge >= 0.3 is 7.60 Å². The maximum Gasteiger partial charge on any atom is 0.356 e. The van der Waals surface area contributed by atoms with Gasteiger partial charge in [-0.15, -0.1) is 21.5 Å². The first-order valence-corrected chi connectivity index (χ1v) is 18.4. The molecule has 0 saturated carbocycles. The topological polar surface area (TPSA) is 203 Å². The molecule has 0 spiro atoms. The van der Waals surface area contributed by atoms with Crippen molar-refractivity contribution in [2.75, 3.05) is 30.6 Å². The number of fused-ring (bicyclic) bond motifs is 2. The van der Waals surface area contributed by atoms with Gasteiger partial charge in [-0.2, -0.15) is 0 Å². The van der Waals surface area contributed by atoms with Gasteiger partial charge in [0.1, 0.15) is 41.6 Å². The van der Waals surface area contributed by atoms with Crippen LogP contribution in [0.5, 0.6) is 0 Å². The van der Waals surface area contributed by atoms with E-state index in [1.807, 2.05) is 6.07 Å². The van der Waals surface area contributed by atoms with Crippen molar-refractivity contribution in [3.8, 4) is 10.6 Å². The maximum absolute atomic E-state index is 14.3. The lowest BCUT2D eigenvalue weighted by atomic mass is 10.1. The lowest BCUT2D eigenvalue weighted by molar-refractivity contribution is -0.124. The smallest absolute Gasteiger partial charge is 0.356 e. The molecule has 6 rings (SSSR count). The van der Waals surface area contributed by atoms with Crippen molar-refractivity contribution >= 4 is 63.7 Å². The Morgan fingerprint density at radius 1 is 1.10 bits per heavy atom. The summed E-state index contributed by atoms with van der Waals surface area (Å²) in [4.78, 5) is 49.9. The Kier molecular flexibility index (Phi) is 10.2. The number of thiophene rings is 1. The van der Waals surface area contributed by atoms with Crippen molar-refractivity contribution in [2.45, 2.75) is 39.0 Å². The number of nitrogens with two attached hydrogens (primary N) is 1. The zero-order chi connectivity index (χ0) is 34.7. The van der Waals surface area contributed by atoms with E-state index in [9.17, 15) is 23.3 Å². The van der Waals surface area contributed by atoms with Gasteiger partial charge in [0.25, 0.3) is 11.5 Å². The molecule has 1 aliphatic rings. The van der Waals surface area contributed by atoms with E-state index in [0.717, 1.165) is 37.1 Å². The zero-order valence-electron chi connectivity index (χ0n) is 26.1.